The molecule has 0 N–H and O–H groups in total. The Morgan fingerprint density at radius 3 is 2.67 bits per heavy atom. The van der Waals surface area contributed by atoms with Gasteiger partial charge in [-0.15, -0.1) is 0 Å². The van der Waals surface area contributed by atoms with Crippen molar-refractivity contribution < 1.29 is 0 Å². The molecule has 1 aromatic heterocycles. The van der Waals surface area contributed by atoms with Crippen molar-refractivity contribution in [1.29, 1.82) is 0 Å². The summed E-state index contributed by atoms with van der Waals surface area (Å²) >= 11 is 0. The van der Waals surface area contributed by atoms with Crippen LogP contribution in [-0.2, 0) is 32.6 Å². The van der Waals surface area contributed by atoms with Crippen LogP contribution in [-0.4, -0.2) is 27.5 Å². The molecule has 5 heteroatoms. The molecule has 2 aliphatic heterocycles. The predicted octanol–water partition coefficient (Wildman–Crippen LogP) is 3.44. The number of anilines is 1. The van der Waals surface area contributed by atoms with Crippen LogP contribution in [0, 0.1) is 13.8 Å². The van der Waals surface area contributed by atoms with Gasteiger partial charge in [-0.1, -0.05) is 54.1 Å². The third-order valence-corrected chi connectivity index (χ3v) is 6.41. The van der Waals surface area contributed by atoms with Gasteiger partial charge in [0.2, 0.25) is 5.95 Å². The smallest absolute Gasteiger partial charge is 0.279 e. The molecule has 0 saturated carbocycles. The zero-order chi connectivity index (χ0) is 20.7. The van der Waals surface area contributed by atoms with E-state index in [2.05, 4.69) is 81.7 Å². The van der Waals surface area contributed by atoms with E-state index >= 15 is 0 Å². The van der Waals surface area contributed by atoms with Crippen LogP contribution in [0.25, 0.3) is 0 Å². The summed E-state index contributed by atoms with van der Waals surface area (Å²) < 4.78 is 2.29. The van der Waals surface area contributed by atoms with Gasteiger partial charge in [-0.3, -0.25) is 9.69 Å². The molecule has 0 aliphatic carbocycles. The Kier molecular flexibility index (Phi) is 4.91. The Hall–Kier alpha value is -2.92. The first-order valence-electron chi connectivity index (χ1n) is 10.8. The fourth-order valence-electron chi connectivity index (χ4n) is 4.78. The van der Waals surface area contributed by atoms with E-state index in [-0.39, 0.29) is 5.56 Å². The maximum Gasteiger partial charge on any atom is 0.279 e. The lowest BCUT2D eigenvalue weighted by atomic mass is 10.0. The van der Waals surface area contributed by atoms with Gasteiger partial charge in [0.05, 0.1) is 5.56 Å². The summed E-state index contributed by atoms with van der Waals surface area (Å²) in [7, 11) is 0. The van der Waals surface area contributed by atoms with Crippen molar-refractivity contribution in [2.24, 2.45) is 0 Å². The van der Waals surface area contributed by atoms with Crippen LogP contribution < -0.4 is 10.5 Å². The molecule has 0 spiro atoms. The minimum atomic E-state index is -0.0538. The van der Waals surface area contributed by atoms with Crippen molar-refractivity contribution in [3.05, 3.63) is 92.4 Å². The highest BCUT2D eigenvalue weighted by Gasteiger charge is 2.29. The normalized spacial score (nSPS) is 15.9. The van der Waals surface area contributed by atoms with Crippen LogP contribution >= 0.6 is 0 Å². The highest BCUT2D eigenvalue weighted by Crippen LogP contribution is 2.27. The average Bonchev–Trinajstić information content (AvgIpc) is 3.12. The van der Waals surface area contributed by atoms with E-state index in [1.165, 1.54) is 27.9 Å². The second-order valence-electron chi connectivity index (χ2n) is 8.59. The fraction of sp³-hybridized carbons (Fsp3) is 0.360. The number of benzene rings is 2. The van der Waals surface area contributed by atoms with Crippen molar-refractivity contribution in [3.8, 4) is 0 Å². The molecule has 0 amide bonds. The highest BCUT2D eigenvalue weighted by atomic mass is 16.1. The van der Waals surface area contributed by atoms with Gasteiger partial charge in [0.15, 0.2) is 0 Å². The van der Waals surface area contributed by atoms with Crippen molar-refractivity contribution in [1.82, 2.24) is 14.5 Å². The zero-order valence-corrected chi connectivity index (χ0v) is 17.8. The molecule has 0 unspecified atom stereocenters. The highest BCUT2D eigenvalue weighted by molar-refractivity contribution is 5.42. The first kappa shape index (κ1) is 19.1. The van der Waals surface area contributed by atoms with Gasteiger partial charge < -0.3 is 9.47 Å². The maximum absolute atomic E-state index is 13.0. The van der Waals surface area contributed by atoms with E-state index in [0.29, 0.717) is 6.54 Å². The Bertz CT molecular complexity index is 1150. The first-order valence-corrected chi connectivity index (χ1v) is 10.8. The molecular weight excluding hydrogens is 372 g/mol. The molecule has 30 heavy (non-hydrogen) atoms. The average molecular weight is 401 g/mol. The summed E-state index contributed by atoms with van der Waals surface area (Å²) in [5, 5.41) is 0. The maximum atomic E-state index is 13.0. The van der Waals surface area contributed by atoms with Gasteiger partial charge in [0.1, 0.15) is 0 Å². The molecule has 154 valence electrons. The molecule has 2 aliphatic rings. The third-order valence-electron chi connectivity index (χ3n) is 6.41. The van der Waals surface area contributed by atoms with Crippen molar-refractivity contribution >= 4 is 5.95 Å². The Balaban J connectivity index is 1.39. The summed E-state index contributed by atoms with van der Waals surface area (Å²) in [6.07, 6.45) is 0.907. The monoisotopic (exact) mass is 400 g/mol. The number of aromatic nitrogens is 2. The standard InChI is InChI=1S/C25H28N4O/c1-18-6-5-8-20(14-18)15-27-11-10-23-22(17-27)24(30)26-25-28(12-13-29(23)25)16-21-9-4-3-7-19(21)2/h3-9,14H,10-13,15-17H2,1-2H3. The Morgan fingerprint density at radius 2 is 1.83 bits per heavy atom. The van der Waals surface area contributed by atoms with Crippen molar-refractivity contribution in [3.63, 3.8) is 0 Å². The summed E-state index contributed by atoms with van der Waals surface area (Å²) in [6.45, 7) is 9.42. The molecule has 5 nitrogen and oxygen atoms in total. The summed E-state index contributed by atoms with van der Waals surface area (Å²) in [5.41, 5.74) is 7.18. The SMILES string of the molecule is Cc1cccc(CN2CCc3c(c(=O)nc4n3CCN4Cc3ccccc3C)C2)c1. The molecule has 0 atom stereocenters. The van der Waals surface area contributed by atoms with Gasteiger partial charge in [0, 0.05) is 51.4 Å². The molecule has 0 saturated heterocycles. The number of hydrogen-bond donors (Lipinski definition) is 0. The number of aryl methyl sites for hydroxylation is 2. The fourth-order valence-corrected chi connectivity index (χ4v) is 4.78. The number of hydrogen-bond acceptors (Lipinski definition) is 4. The van der Waals surface area contributed by atoms with Crippen LogP contribution in [0.15, 0.2) is 53.3 Å². The van der Waals surface area contributed by atoms with E-state index in [4.69, 9.17) is 0 Å². The quantitative estimate of drug-likeness (QED) is 0.673. The van der Waals surface area contributed by atoms with Crippen LogP contribution in [0.5, 0.6) is 0 Å². The summed E-state index contributed by atoms with van der Waals surface area (Å²) in [4.78, 5) is 22.1. The second-order valence-corrected chi connectivity index (χ2v) is 8.59. The lowest BCUT2D eigenvalue weighted by Crippen LogP contribution is -2.37. The van der Waals surface area contributed by atoms with Crippen molar-refractivity contribution in [2.75, 3.05) is 18.0 Å². The molecule has 3 heterocycles. The number of nitrogens with zero attached hydrogens (tertiary/aromatic N) is 4. The van der Waals surface area contributed by atoms with E-state index in [9.17, 15) is 4.79 Å². The van der Waals surface area contributed by atoms with Crippen LogP contribution in [0.1, 0.15) is 33.5 Å². The molecule has 0 bridgehead atoms. The lowest BCUT2D eigenvalue weighted by molar-refractivity contribution is 0.239. The summed E-state index contributed by atoms with van der Waals surface area (Å²) in [5.74, 6) is 0.842. The minimum Gasteiger partial charge on any atom is -0.336 e. The lowest BCUT2D eigenvalue weighted by Gasteiger charge is -2.30. The van der Waals surface area contributed by atoms with Gasteiger partial charge in [-0.05, 0) is 30.5 Å². The number of rotatable bonds is 4. The van der Waals surface area contributed by atoms with E-state index in [0.717, 1.165) is 50.7 Å². The molecule has 2 aromatic carbocycles. The van der Waals surface area contributed by atoms with Gasteiger partial charge in [-0.25, -0.2) is 0 Å². The Morgan fingerprint density at radius 1 is 0.967 bits per heavy atom. The first-order chi connectivity index (χ1) is 14.6. The van der Waals surface area contributed by atoms with E-state index in [1.54, 1.807) is 0 Å². The summed E-state index contributed by atoms with van der Waals surface area (Å²) in [6, 6.07) is 17.1. The molecule has 3 aromatic rings. The van der Waals surface area contributed by atoms with Crippen LogP contribution in [0.4, 0.5) is 5.95 Å². The molecule has 5 rings (SSSR count). The van der Waals surface area contributed by atoms with Gasteiger partial charge in [-0.2, -0.15) is 4.98 Å². The topological polar surface area (TPSA) is 41.4 Å². The van der Waals surface area contributed by atoms with E-state index in [1.807, 2.05) is 0 Å². The molecule has 0 fully saturated rings. The minimum absolute atomic E-state index is 0.0538. The molecule has 0 radical (unpaired) electrons. The van der Waals surface area contributed by atoms with Gasteiger partial charge >= 0.3 is 0 Å². The van der Waals surface area contributed by atoms with Crippen molar-refractivity contribution in [2.45, 2.75) is 46.4 Å². The van der Waals surface area contributed by atoms with Crippen LogP contribution in [0.2, 0.25) is 0 Å². The third kappa shape index (κ3) is 3.54. The Labute approximate surface area is 177 Å². The second kappa shape index (κ2) is 7.73. The van der Waals surface area contributed by atoms with Crippen LogP contribution in [0.3, 0.4) is 0 Å². The zero-order valence-electron chi connectivity index (χ0n) is 17.8. The largest absolute Gasteiger partial charge is 0.336 e. The number of fused-ring (bicyclic) bond motifs is 3. The van der Waals surface area contributed by atoms with Gasteiger partial charge in [0.25, 0.3) is 5.56 Å². The predicted molar refractivity (Wildman–Crippen MR) is 120 cm³/mol. The molecular formula is C25H28N4O. The van der Waals surface area contributed by atoms with E-state index < -0.39 is 0 Å².